The van der Waals surface area contributed by atoms with Gasteiger partial charge >= 0.3 is 0 Å². The second-order valence-corrected chi connectivity index (χ2v) is 6.51. The van der Waals surface area contributed by atoms with E-state index in [0.29, 0.717) is 0 Å². The van der Waals surface area contributed by atoms with Crippen LogP contribution in [0.5, 0.6) is 5.75 Å². The SMILES string of the molecule is COc1c(C)cnc(CN2CCO[C@@H](Cn3cc(C)cn3)C2)c1C. The van der Waals surface area contributed by atoms with Crippen molar-refractivity contribution in [2.45, 2.75) is 40.0 Å². The van der Waals surface area contributed by atoms with Gasteiger partial charge in [0.1, 0.15) is 5.75 Å². The van der Waals surface area contributed by atoms with Crippen molar-refractivity contribution in [3.63, 3.8) is 0 Å². The standard InChI is InChI=1S/C18H26N4O2/c1-13-7-20-22(9-13)11-16-10-21(5-6-24-16)12-17-15(3)18(23-4)14(2)8-19-17/h7-9,16H,5-6,10-12H2,1-4H3/t16-/m1/s1. The number of methoxy groups -OCH3 is 1. The Morgan fingerprint density at radius 1 is 1.29 bits per heavy atom. The first-order valence-electron chi connectivity index (χ1n) is 8.39. The zero-order chi connectivity index (χ0) is 17.1. The van der Waals surface area contributed by atoms with Gasteiger partial charge in [0.15, 0.2) is 0 Å². The monoisotopic (exact) mass is 330 g/mol. The molecule has 3 heterocycles. The molecule has 2 aromatic rings. The van der Waals surface area contributed by atoms with Crippen LogP contribution in [-0.4, -0.2) is 52.6 Å². The molecule has 0 unspecified atom stereocenters. The number of morpholine rings is 1. The lowest BCUT2D eigenvalue weighted by Crippen LogP contribution is -2.44. The summed E-state index contributed by atoms with van der Waals surface area (Å²) in [5.74, 6) is 0.942. The zero-order valence-electron chi connectivity index (χ0n) is 15.0. The molecule has 6 heteroatoms. The zero-order valence-corrected chi connectivity index (χ0v) is 15.0. The van der Waals surface area contributed by atoms with E-state index in [1.54, 1.807) is 7.11 Å². The lowest BCUT2D eigenvalue weighted by atomic mass is 10.1. The van der Waals surface area contributed by atoms with E-state index >= 15 is 0 Å². The van der Waals surface area contributed by atoms with Crippen molar-refractivity contribution in [1.82, 2.24) is 19.7 Å². The van der Waals surface area contributed by atoms with Crippen molar-refractivity contribution in [3.8, 4) is 5.75 Å². The van der Waals surface area contributed by atoms with Crippen LogP contribution in [0.1, 0.15) is 22.4 Å². The van der Waals surface area contributed by atoms with E-state index in [2.05, 4.69) is 35.0 Å². The second-order valence-electron chi connectivity index (χ2n) is 6.51. The molecular weight excluding hydrogens is 304 g/mol. The Kier molecular flexibility index (Phi) is 5.16. The van der Waals surface area contributed by atoms with Crippen LogP contribution in [0.3, 0.4) is 0 Å². The third-order valence-electron chi connectivity index (χ3n) is 4.50. The highest BCUT2D eigenvalue weighted by molar-refractivity contribution is 5.41. The molecule has 0 bridgehead atoms. The quantitative estimate of drug-likeness (QED) is 0.840. The van der Waals surface area contributed by atoms with Crippen LogP contribution in [0.2, 0.25) is 0 Å². The van der Waals surface area contributed by atoms with Crippen LogP contribution < -0.4 is 4.74 Å². The molecule has 0 aromatic carbocycles. The van der Waals surface area contributed by atoms with Crippen molar-refractivity contribution in [1.29, 1.82) is 0 Å². The molecule has 1 saturated heterocycles. The molecule has 3 rings (SSSR count). The van der Waals surface area contributed by atoms with Crippen LogP contribution in [0, 0.1) is 20.8 Å². The molecule has 24 heavy (non-hydrogen) atoms. The van der Waals surface area contributed by atoms with Gasteiger partial charge in [-0.1, -0.05) is 0 Å². The predicted molar refractivity (Wildman–Crippen MR) is 92.2 cm³/mol. The van der Waals surface area contributed by atoms with Crippen LogP contribution in [0.4, 0.5) is 0 Å². The molecule has 1 aliphatic heterocycles. The van der Waals surface area contributed by atoms with E-state index < -0.39 is 0 Å². The minimum absolute atomic E-state index is 0.158. The molecule has 1 aliphatic rings. The summed E-state index contributed by atoms with van der Waals surface area (Å²) in [6, 6.07) is 0. The van der Waals surface area contributed by atoms with Crippen LogP contribution in [-0.2, 0) is 17.8 Å². The number of aryl methyl sites for hydroxylation is 2. The Hall–Kier alpha value is -1.92. The van der Waals surface area contributed by atoms with Crippen molar-refractivity contribution in [2.24, 2.45) is 0 Å². The normalized spacial score (nSPS) is 18.8. The minimum atomic E-state index is 0.158. The number of nitrogens with zero attached hydrogens (tertiary/aromatic N) is 4. The first-order valence-corrected chi connectivity index (χ1v) is 8.39. The van der Waals surface area contributed by atoms with E-state index in [-0.39, 0.29) is 6.10 Å². The Morgan fingerprint density at radius 3 is 2.83 bits per heavy atom. The summed E-state index contributed by atoms with van der Waals surface area (Å²) >= 11 is 0. The molecule has 0 saturated carbocycles. The van der Waals surface area contributed by atoms with E-state index in [9.17, 15) is 0 Å². The summed E-state index contributed by atoms with van der Waals surface area (Å²) in [7, 11) is 1.72. The summed E-state index contributed by atoms with van der Waals surface area (Å²) in [4.78, 5) is 7.01. The third kappa shape index (κ3) is 3.76. The lowest BCUT2D eigenvalue weighted by Gasteiger charge is -2.33. The second kappa shape index (κ2) is 7.32. The maximum Gasteiger partial charge on any atom is 0.128 e. The lowest BCUT2D eigenvalue weighted by molar-refractivity contribution is -0.0406. The third-order valence-corrected chi connectivity index (χ3v) is 4.50. The molecule has 0 N–H and O–H groups in total. The van der Waals surface area contributed by atoms with Crippen LogP contribution in [0.15, 0.2) is 18.6 Å². The van der Waals surface area contributed by atoms with Crippen molar-refractivity contribution in [3.05, 3.63) is 41.0 Å². The van der Waals surface area contributed by atoms with Gasteiger partial charge in [-0.05, 0) is 26.3 Å². The summed E-state index contributed by atoms with van der Waals surface area (Å²) in [5.41, 5.74) is 4.46. The van der Waals surface area contributed by atoms with Gasteiger partial charge in [-0.15, -0.1) is 0 Å². The van der Waals surface area contributed by atoms with Gasteiger partial charge in [0.25, 0.3) is 0 Å². The molecule has 1 atom stereocenters. The number of aromatic nitrogens is 3. The summed E-state index contributed by atoms with van der Waals surface area (Å²) in [5, 5.41) is 4.35. The maximum absolute atomic E-state index is 5.91. The predicted octanol–water partition coefficient (Wildman–Crippen LogP) is 2.11. The Labute approximate surface area is 143 Å². The van der Waals surface area contributed by atoms with Gasteiger partial charge in [-0.2, -0.15) is 5.10 Å². The van der Waals surface area contributed by atoms with Gasteiger partial charge in [-0.25, -0.2) is 0 Å². The Bertz CT molecular complexity index is 698. The van der Waals surface area contributed by atoms with Crippen LogP contribution in [0.25, 0.3) is 0 Å². The molecule has 0 aliphatic carbocycles. The van der Waals surface area contributed by atoms with Gasteiger partial charge < -0.3 is 9.47 Å². The molecule has 0 spiro atoms. The summed E-state index contributed by atoms with van der Waals surface area (Å²) < 4.78 is 13.4. The minimum Gasteiger partial charge on any atom is -0.496 e. The fraction of sp³-hybridized carbons (Fsp3) is 0.556. The summed E-state index contributed by atoms with van der Waals surface area (Å²) in [6.45, 7) is 10.3. The Morgan fingerprint density at radius 2 is 2.12 bits per heavy atom. The van der Waals surface area contributed by atoms with Gasteiger partial charge in [0.2, 0.25) is 0 Å². The number of hydrogen-bond acceptors (Lipinski definition) is 5. The van der Waals surface area contributed by atoms with E-state index in [1.807, 2.05) is 24.0 Å². The highest BCUT2D eigenvalue weighted by atomic mass is 16.5. The highest BCUT2D eigenvalue weighted by Crippen LogP contribution is 2.25. The first kappa shape index (κ1) is 16.9. The van der Waals surface area contributed by atoms with Gasteiger partial charge in [0, 0.05) is 43.2 Å². The molecule has 1 fully saturated rings. The molecule has 130 valence electrons. The molecule has 6 nitrogen and oxygen atoms in total. The number of rotatable bonds is 5. The Balaban J connectivity index is 1.65. The summed E-state index contributed by atoms with van der Waals surface area (Å²) in [6.07, 6.45) is 5.99. The molecule has 2 aromatic heterocycles. The molecule has 0 amide bonds. The number of pyridine rings is 1. The van der Waals surface area contributed by atoms with Gasteiger partial charge in [-0.3, -0.25) is 14.6 Å². The molecule has 0 radical (unpaired) electrons. The number of hydrogen-bond donors (Lipinski definition) is 0. The molecular formula is C18H26N4O2. The maximum atomic E-state index is 5.91. The highest BCUT2D eigenvalue weighted by Gasteiger charge is 2.22. The van der Waals surface area contributed by atoms with E-state index in [4.69, 9.17) is 9.47 Å². The van der Waals surface area contributed by atoms with Crippen molar-refractivity contribution >= 4 is 0 Å². The van der Waals surface area contributed by atoms with E-state index in [0.717, 1.165) is 55.4 Å². The first-order chi connectivity index (χ1) is 11.6. The van der Waals surface area contributed by atoms with E-state index in [1.165, 1.54) is 5.56 Å². The average molecular weight is 330 g/mol. The topological polar surface area (TPSA) is 52.4 Å². The fourth-order valence-corrected chi connectivity index (χ4v) is 3.25. The van der Waals surface area contributed by atoms with Crippen molar-refractivity contribution in [2.75, 3.05) is 26.8 Å². The van der Waals surface area contributed by atoms with Gasteiger partial charge in [0.05, 0.1) is 38.3 Å². The smallest absolute Gasteiger partial charge is 0.128 e. The largest absolute Gasteiger partial charge is 0.496 e. The number of ether oxygens (including phenoxy) is 2. The average Bonchev–Trinajstić information content (AvgIpc) is 2.96. The fourth-order valence-electron chi connectivity index (χ4n) is 3.25. The van der Waals surface area contributed by atoms with Crippen LogP contribution >= 0.6 is 0 Å². The van der Waals surface area contributed by atoms with Crippen molar-refractivity contribution < 1.29 is 9.47 Å².